The summed E-state index contributed by atoms with van der Waals surface area (Å²) >= 11 is 0. The van der Waals surface area contributed by atoms with Gasteiger partial charge in [0.15, 0.2) is 0 Å². The quantitative estimate of drug-likeness (QED) is 0.599. The van der Waals surface area contributed by atoms with Crippen LogP contribution in [0.5, 0.6) is 0 Å². The van der Waals surface area contributed by atoms with Crippen LogP contribution < -0.4 is 5.32 Å². The molecule has 0 aromatic carbocycles. The van der Waals surface area contributed by atoms with Gasteiger partial charge < -0.3 is 15.5 Å². The fourth-order valence-electron chi connectivity index (χ4n) is 4.87. The third kappa shape index (κ3) is 4.95. The molecule has 3 aliphatic rings. The summed E-state index contributed by atoms with van der Waals surface area (Å²) in [7, 11) is 0. The third-order valence-corrected chi connectivity index (χ3v) is 6.38. The van der Waals surface area contributed by atoms with E-state index in [9.17, 15) is 23.4 Å². The standard InChI is InChI=1S/C19H29F3N2O3.2ClH/c1-15(24-13-11-23-12-14-24)17(27-19(20,21)22)9-5-6-10-18(17,26)16(25)7-3-2-4-8-16;;/h5-6,9-10,15,23,25-26H,2-4,7-8,11-14H2,1H3;2*1H. The van der Waals surface area contributed by atoms with E-state index in [2.05, 4.69) is 5.32 Å². The number of aliphatic hydroxyl groups is 2. The van der Waals surface area contributed by atoms with Crippen LogP contribution in [0, 0.1) is 0 Å². The predicted molar refractivity (Wildman–Crippen MR) is 110 cm³/mol. The molecule has 3 rings (SSSR count). The van der Waals surface area contributed by atoms with Crippen molar-refractivity contribution in [3.05, 3.63) is 24.3 Å². The second kappa shape index (κ2) is 9.85. The number of hydrogen-bond donors (Lipinski definition) is 3. The van der Waals surface area contributed by atoms with Crippen molar-refractivity contribution in [1.82, 2.24) is 10.2 Å². The molecule has 1 heterocycles. The van der Waals surface area contributed by atoms with Crippen LogP contribution in [0.3, 0.4) is 0 Å². The van der Waals surface area contributed by atoms with Crippen molar-refractivity contribution in [2.45, 2.75) is 68.2 Å². The Labute approximate surface area is 182 Å². The molecule has 1 aliphatic heterocycles. The minimum Gasteiger partial charge on any atom is -0.386 e. The fraction of sp³-hybridized carbons (Fsp3) is 0.789. The SMILES string of the molecule is CC(N1CCNCC1)C1(OC(F)(F)F)C=CC=CC1(O)C1(O)CCCCC1.Cl.Cl. The van der Waals surface area contributed by atoms with Gasteiger partial charge in [0.1, 0.15) is 16.8 Å². The summed E-state index contributed by atoms with van der Waals surface area (Å²) in [6.07, 6.45) is 3.23. The van der Waals surface area contributed by atoms with E-state index in [1.165, 1.54) is 24.3 Å². The lowest BCUT2D eigenvalue weighted by atomic mass is 9.61. The number of nitrogens with zero attached hydrogens (tertiary/aromatic N) is 1. The summed E-state index contributed by atoms with van der Waals surface area (Å²) in [6, 6.07) is -0.793. The molecule has 1 saturated heterocycles. The smallest absolute Gasteiger partial charge is 0.386 e. The Hall–Kier alpha value is -0.350. The maximum atomic E-state index is 13.5. The van der Waals surface area contributed by atoms with Gasteiger partial charge in [0.05, 0.1) is 0 Å². The maximum Gasteiger partial charge on any atom is 0.523 e. The number of hydrogen-bond acceptors (Lipinski definition) is 5. The third-order valence-electron chi connectivity index (χ3n) is 6.38. The zero-order valence-corrected chi connectivity index (χ0v) is 18.1. The molecular formula is C19H31Cl2F3N2O3. The Morgan fingerprint density at radius 1 is 1.00 bits per heavy atom. The van der Waals surface area contributed by atoms with Crippen molar-refractivity contribution in [3.8, 4) is 0 Å². The van der Waals surface area contributed by atoms with Crippen molar-refractivity contribution in [1.29, 1.82) is 0 Å². The lowest BCUT2D eigenvalue weighted by molar-refractivity contribution is -0.396. The molecule has 0 aromatic heterocycles. The van der Waals surface area contributed by atoms with E-state index in [-0.39, 0.29) is 37.7 Å². The molecule has 29 heavy (non-hydrogen) atoms. The molecule has 3 atom stereocenters. The second-order valence-corrected chi connectivity index (χ2v) is 7.88. The number of alkyl halides is 3. The molecule has 1 saturated carbocycles. The molecule has 3 N–H and O–H groups in total. The zero-order valence-electron chi connectivity index (χ0n) is 16.5. The van der Waals surface area contributed by atoms with E-state index < -0.39 is 29.2 Å². The zero-order chi connectivity index (χ0) is 19.8. The van der Waals surface area contributed by atoms with Gasteiger partial charge in [-0.2, -0.15) is 0 Å². The normalized spacial score (nSPS) is 33.4. The Morgan fingerprint density at radius 2 is 1.55 bits per heavy atom. The van der Waals surface area contributed by atoms with Crippen LogP contribution in [0.15, 0.2) is 24.3 Å². The first-order valence-electron chi connectivity index (χ1n) is 9.67. The minimum atomic E-state index is -4.96. The topological polar surface area (TPSA) is 65.0 Å². The van der Waals surface area contributed by atoms with Crippen molar-refractivity contribution in [3.63, 3.8) is 0 Å². The van der Waals surface area contributed by atoms with Crippen molar-refractivity contribution in [2.75, 3.05) is 26.2 Å². The predicted octanol–water partition coefficient (Wildman–Crippen LogP) is 2.95. The molecule has 2 fully saturated rings. The Balaban J connectivity index is 0.00000210. The van der Waals surface area contributed by atoms with Crippen LogP contribution in [-0.2, 0) is 4.74 Å². The van der Waals surface area contributed by atoms with Gasteiger partial charge >= 0.3 is 6.36 Å². The average molecular weight is 463 g/mol. The molecule has 5 nitrogen and oxygen atoms in total. The monoisotopic (exact) mass is 462 g/mol. The van der Waals surface area contributed by atoms with Gasteiger partial charge in [0.2, 0.25) is 0 Å². The summed E-state index contributed by atoms with van der Waals surface area (Å²) < 4.78 is 45.3. The molecule has 0 bridgehead atoms. The Kier molecular flexibility index (Phi) is 9.06. The van der Waals surface area contributed by atoms with Gasteiger partial charge in [-0.05, 0) is 31.9 Å². The number of rotatable bonds is 4. The van der Waals surface area contributed by atoms with Gasteiger partial charge in [-0.25, -0.2) is 0 Å². The lowest BCUT2D eigenvalue weighted by Gasteiger charge is -2.58. The van der Waals surface area contributed by atoms with Gasteiger partial charge in [-0.3, -0.25) is 9.64 Å². The molecular weight excluding hydrogens is 432 g/mol. The molecule has 3 unspecified atom stereocenters. The first kappa shape index (κ1) is 26.7. The summed E-state index contributed by atoms with van der Waals surface area (Å²) in [4.78, 5) is 1.88. The molecule has 0 radical (unpaired) electrons. The average Bonchev–Trinajstić information content (AvgIpc) is 2.63. The molecule has 2 aliphatic carbocycles. The van der Waals surface area contributed by atoms with E-state index in [0.717, 1.165) is 6.42 Å². The van der Waals surface area contributed by atoms with Gasteiger partial charge in [0.25, 0.3) is 0 Å². The number of allylic oxidation sites excluding steroid dienone is 2. The maximum absolute atomic E-state index is 13.5. The fourth-order valence-corrected chi connectivity index (χ4v) is 4.87. The van der Waals surface area contributed by atoms with Crippen LogP contribution in [-0.4, -0.2) is 70.5 Å². The Morgan fingerprint density at radius 3 is 2.10 bits per heavy atom. The number of piperazine rings is 1. The summed E-state index contributed by atoms with van der Waals surface area (Å²) in [5.41, 5.74) is -6.00. The number of nitrogens with one attached hydrogen (secondary N) is 1. The second-order valence-electron chi connectivity index (χ2n) is 7.88. The molecule has 0 spiro atoms. The molecule has 0 aromatic rings. The van der Waals surface area contributed by atoms with Crippen molar-refractivity contribution >= 4 is 24.8 Å². The lowest BCUT2D eigenvalue weighted by Crippen LogP contribution is -2.75. The largest absolute Gasteiger partial charge is 0.523 e. The highest BCUT2D eigenvalue weighted by atomic mass is 35.5. The van der Waals surface area contributed by atoms with E-state index in [1.807, 2.05) is 4.90 Å². The van der Waals surface area contributed by atoms with Crippen molar-refractivity contribution < 1.29 is 28.1 Å². The molecule has 10 heteroatoms. The number of halogens is 5. The molecule has 0 amide bonds. The first-order valence-corrected chi connectivity index (χ1v) is 9.67. The summed E-state index contributed by atoms with van der Waals surface area (Å²) in [5, 5.41) is 26.2. The highest BCUT2D eigenvalue weighted by Gasteiger charge is 2.66. The summed E-state index contributed by atoms with van der Waals surface area (Å²) in [5.74, 6) is 0. The van der Waals surface area contributed by atoms with Crippen LogP contribution in [0.1, 0.15) is 39.0 Å². The molecule has 170 valence electrons. The van der Waals surface area contributed by atoms with Crippen LogP contribution in [0.4, 0.5) is 13.2 Å². The van der Waals surface area contributed by atoms with Crippen LogP contribution in [0.2, 0.25) is 0 Å². The van der Waals surface area contributed by atoms with Gasteiger partial charge in [-0.1, -0.05) is 31.4 Å². The van der Waals surface area contributed by atoms with Gasteiger partial charge in [0, 0.05) is 32.2 Å². The van der Waals surface area contributed by atoms with E-state index in [0.29, 0.717) is 39.0 Å². The highest BCUT2D eigenvalue weighted by Crippen LogP contribution is 2.51. The van der Waals surface area contributed by atoms with E-state index in [4.69, 9.17) is 4.74 Å². The van der Waals surface area contributed by atoms with Gasteiger partial charge in [-0.15, -0.1) is 38.0 Å². The minimum absolute atomic E-state index is 0. The van der Waals surface area contributed by atoms with E-state index >= 15 is 0 Å². The number of ether oxygens (including phenoxy) is 1. The van der Waals surface area contributed by atoms with Crippen LogP contribution >= 0.6 is 24.8 Å². The Bertz CT molecular complexity index is 594. The van der Waals surface area contributed by atoms with E-state index in [1.54, 1.807) is 6.92 Å². The highest BCUT2D eigenvalue weighted by molar-refractivity contribution is 5.85. The van der Waals surface area contributed by atoms with Crippen molar-refractivity contribution in [2.24, 2.45) is 0 Å². The van der Waals surface area contributed by atoms with Crippen LogP contribution in [0.25, 0.3) is 0 Å². The first-order chi connectivity index (χ1) is 12.6. The summed E-state index contributed by atoms with van der Waals surface area (Å²) in [6.45, 7) is 4.01.